The molecule has 172 valence electrons. The molecule has 1 aliphatic heterocycles. The molecule has 0 bridgehead atoms. The molecule has 2 fully saturated rings. The van der Waals surface area contributed by atoms with E-state index in [1.807, 2.05) is 4.90 Å². The second-order valence-corrected chi connectivity index (χ2v) is 8.63. The van der Waals surface area contributed by atoms with Gasteiger partial charge in [0.2, 0.25) is 5.91 Å². The zero-order chi connectivity index (χ0) is 22.7. The maximum atomic E-state index is 14.1. The molecule has 0 N–H and O–H groups in total. The number of piperidine rings is 1. The minimum absolute atomic E-state index is 0.0272. The largest absolute Gasteiger partial charge is 0.494 e. The molecule has 1 aromatic carbocycles. The van der Waals surface area contributed by atoms with Gasteiger partial charge in [0.25, 0.3) is 5.56 Å². The Morgan fingerprint density at radius 3 is 2.56 bits per heavy atom. The number of benzene rings is 1. The fourth-order valence-electron chi connectivity index (χ4n) is 4.84. The molecule has 8 heteroatoms. The van der Waals surface area contributed by atoms with Crippen LogP contribution in [0.1, 0.15) is 44.6 Å². The van der Waals surface area contributed by atoms with E-state index in [1.54, 1.807) is 25.3 Å². The van der Waals surface area contributed by atoms with E-state index in [0.717, 1.165) is 25.7 Å². The highest BCUT2D eigenvalue weighted by atomic mass is 19.1. The number of aromatic nitrogens is 2. The van der Waals surface area contributed by atoms with Crippen LogP contribution < -0.4 is 10.3 Å². The Kier molecular flexibility index (Phi) is 6.89. The lowest BCUT2D eigenvalue weighted by Gasteiger charge is -2.36. The third-order valence-corrected chi connectivity index (χ3v) is 6.70. The Balaban J connectivity index is 1.44. The predicted octanol–water partition coefficient (Wildman–Crippen LogP) is 3.43. The van der Waals surface area contributed by atoms with Crippen molar-refractivity contribution in [1.82, 2.24) is 14.7 Å². The van der Waals surface area contributed by atoms with Gasteiger partial charge in [0, 0.05) is 37.7 Å². The van der Waals surface area contributed by atoms with E-state index in [2.05, 4.69) is 5.10 Å². The van der Waals surface area contributed by atoms with Crippen LogP contribution in [-0.2, 0) is 9.53 Å². The number of halogens is 1. The first-order valence-electron chi connectivity index (χ1n) is 11.3. The fourth-order valence-corrected chi connectivity index (χ4v) is 4.84. The number of amides is 1. The molecule has 1 saturated carbocycles. The molecule has 7 nitrogen and oxygen atoms in total. The van der Waals surface area contributed by atoms with Gasteiger partial charge in [-0.2, -0.15) is 5.10 Å². The molecule has 2 aromatic rings. The molecular formula is C24H30FN3O4. The van der Waals surface area contributed by atoms with Crippen molar-refractivity contribution in [1.29, 1.82) is 0 Å². The van der Waals surface area contributed by atoms with E-state index >= 15 is 0 Å². The fraction of sp³-hybridized carbons (Fsp3) is 0.542. The summed E-state index contributed by atoms with van der Waals surface area (Å²) in [6, 6.07) is 7.61. The van der Waals surface area contributed by atoms with Crippen molar-refractivity contribution in [2.45, 2.75) is 50.7 Å². The molecule has 2 heterocycles. The topological polar surface area (TPSA) is 73.7 Å². The lowest BCUT2D eigenvalue weighted by Crippen LogP contribution is -2.45. The van der Waals surface area contributed by atoms with Crippen LogP contribution in [0, 0.1) is 11.7 Å². The first kappa shape index (κ1) is 22.5. The lowest BCUT2D eigenvalue weighted by atomic mass is 9.85. The number of ether oxygens (including phenoxy) is 2. The first-order valence-corrected chi connectivity index (χ1v) is 11.3. The highest BCUT2D eigenvalue weighted by Gasteiger charge is 2.33. The van der Waals surface area contributed by atoms with E-state index in [0.29, 0.717) is 37.2 Å². The Hall–Kier alpha value is -2.74. The van der Waals surface area contributed by atoms with Crippen molar-refractivity contribution in [2.75, 3.05) is 27.3 Å². The minimum Gasteiger partial charge on any atom is -0.494 e. The van der Waals surface area contributed by atoms with Crippen molar-refractivity contribution in [3.8, 4) is 17.0 Å². The molecule has 1 aromatic heterocycles. The van der Waals surface area contributed by atoms with Crippen LogP contribution in [0.4, 0.5) is 4.39 Å². The minimum atomic E-state index is -0.477. The van der Waals surface area contributed by atoms with Gasteiger partial charge in [0.15, 0.2) is 11.6 Å². The number of carbonyl (C=O) groups is 1. The highest BCUT2D eigenvalue weighted by Crippen LogP contribution is 2.30. The van der Waals surface area contributed by atoms with Gasteiger partial charge in [-0.3, -0.25) is 9.59 Å². The Labute approximate surface area is 187 Å². The zero-order valence-corrected chi connectivity index (χ0v) is 18.6. The van der Waals surface area contributed by atoms with Gasteiger partial charge < -0.3 is 14.4 Å². The summed E-state index contributed by atoms with van der Waals surface area (Å²) in [7, 11) is 3.12. The molecule has 1 saturated heterocycles. The van der Waals surface area contributed by atoms with Crippen LogP contribution in [0.3, 0.4) is 0 Å². The standard InChI is InChI=1S/C24H30FN3O4/c1-31-19-5-3-4-17(14-19)24(30)27-12-10-18(11-13-27)28-23(29)9-7-21(26-28)16-6-8-22(32-2)20(25)15-16/h6-9,15,17-19H,3-5,10-14H2,1-2H3/t17-,19+/m0/s1. The van der Waals surface area contributed by atoms with E-state index in [-0.39, 0.29) is 35.3 Å². The summed E-state index contributed by atoms with van der Waals surface area (Å²) in [6.45, 7) is 1.21. The zero-order valence-electron chi connectivity index (χ0n) is 18.6. The number of hydrogen-bond acceptors (Lipinski definition) is 5. The van der Waals surface area contributed by atoms with Gasteiger partial charge in [-0.15, -0.1) is 0 Å². The summed E-state index contributed by atoms with van der Waals surface area (Å²) in [5.74, 6) is -0.0870. The third kappa shape index (κ3) is 4.70. The van der Waals surface area contributed by atoms with Gasteiger partial charge in [0.05, 0.1) is 24.9 Å². The lowest BCUT2D eigenvalue weighted by molar-refractivity contribution is -0.139. The van der Waals surface area contributed by atoms with Crippen LogP contribution in [-0.4, -0.2) is 54.0 Å². The summed E-state index contributed by atoms with van der Waals surface area (Å²) < 4.78 is 26.0. The average Bonchev–Trinajstić information content (AvgIpc) is 2.84. The predicted molar refractivity (Wildman–Crippen MR) is 118 cm³/mol. The average molecular weight is 444 g/mol. The molecule has 4 rings (SSSR count). The second-order valence-electron chi connectivity index (χ2n) is 8.63. The smallest absolute Gasteiger partial charge is 0.267 e. The number of rotatable bonds is 5. The van der Waals surface area contributed by atoms with Crippen LogP contribution >= 0.6 is 0 Å². The van der Waals surface area contributed by atoms with E-state index in [1.165, 1.54) is 23.9 Å². The maximum absolute atomic E-state index is 14.1. The second kappa shape index (κ2) is 9.81. The molecule has 1 aliphatic carbocycles. The monoisotopic (exact) mass is 443 g/mol. The normalized spacial score (nSPS) is 22.0. The molecule has 32 heavy (non-hydrogen) atoms. The third-order valence-electron chi connectivity index (χ3n) is 6.70. The summed E-state index contributed by atoms with van der Waals surface area (Å²) in [5.41, 5.74) is 0.912. The highest BCUT2D eigenvalue weighted by molar-refractivity contribution is 5.79. The number of hydrogen-bond donors (Lipinski definition) is 0. The molecule has 0 radical (unpaired) electrons. The van der Waals surface area contributed by atoms with E-state index in [9.17, 15) is 14.0 Å². The van der Waals surface area contributed by atoms with E-state index < -0.39 is 5.82 Å². The SMILES string of the molecule is COc1ccc(-c2ccc(=O)n(C3CCN(C(=O)[C@H]4CCC[C@@H](OC)C4)CC3)n2)cc1F. The quantitative estimate of drug-likeness (QED) is 0.708. The number of carbonyl (C=O) groups excluding carboxylic acids is 1. The number of nitrogens with zero attached hydrogens (tertiary/aromatic N) is 3. The summed E-state index contributed by atoms with van der Waals surface area (Å²) in [4.78, 5) is 27.4. The van der Waals surface area contributed by atoms with Gasteiger partial charge in [-0.25, -0.2) is 9.07 Å². The summed E-state index contributed by atoms with van der Waals surface area (Å²) >= 11 is 0. The van der Waals surface area contributed by atoms with Crippen molar-refractivity contribution < 1.29 is 18.7 Å². The van der Waals surface area contributed by atoms with Gasteiger partial charge in [0.1, 0.15) is 0 Å². The van der Waals surface area contributed by atoms with Crippen molar-refractivity contribution in [2.24, 2.45) is 5.92 Å². The van der Waals surface area contributed by atoms with Gasteiger partial charge in [-0.05, 0) is 56.4 Å². The van der Waals surface area contributed by atoms with Crippen LogP contribution in [0.15, 0.2) is 35.1 Å². The molecule has 0 unspecified atom stereocenters. The molecule has 2 atom stereocenters. The number of likely N-dealkylation sites (tertiary alicyclic amines) is 1. The van der Waals surface area contributed by atoms with Crippen LogP contribution in [0.2, 0.25) is 0 Å². The maximum Gasteiger partial charge on any atom is 0.267 e. The molecular weight excluding hydrogens is 413 g/mol. The molecule has 2 aliphatic rings. The summed E-state index contributed by atoms with van der Waals surface area (Å²) in [6.07, 6.45) is 5.24. The van der Waals surface area contributed by atoms with Crippen molar-refractivity contribution in [3.05, 3.63) is 46.5 Å². The van der Waals surface area contributed by atoms with E-state index in [4.69, 9.17) is 9.47 Å². The van der Waals surface area contributed by atoms with Crippen LogP contribution in [0.25, 0.3) is 11.3 Å². The van der Waals surface area contributed by atoms with Gasteiger partial charge >= 0.3 is 0 Å². The summed E-state index contributed by atoms with van der Waals surface area (Å²) in [5, 5.41) is 4.52. The van der Waals surface area contributed by atoms with Gasteiger partial charge in [-0.1, -0.05) is 6.42 Å². The Bertz CT molecular complexity index is 1020. The molecule has 1 amide bonds. The number of methoxy groups -OCH3 is 2. The first-order chi connectivity index (χ1) is 15.5. The van der Waals surface area contributed by atoms with Crippen LogP contribution in [0.5, 0.6) is 5.75 Å². The van der Waals surface area contributed by atoms with Crippen molar-refractivity contribution in [3.63, 3.8) is 0 Å². The Morgan fingerprint density at radius 1 is 1.09 bits per heavy atom. The van der Waals surface area contributed by atoms with Crippen molar-refractivity contribution >= 4 is 5.91 Å². The Morgan fingerprint density at radius 2 is 1.88 bits per heavy atom. The molecule has 0 spiro atoms.